The van der Waals surface area contributed by atoms with E-state index in [9.17, 15) is 14.4 Å². The van der Waals surface area contributed by atoms with Crippen LogP contribution in [0.25, 0.3) is 0 Å². The van der Waals surface area contributed by atoms with Gasteiger partial charge in [0.1, 0.15) is 0 Å². The van der Waals surface area contributed by atoms with Crippen LogP contribution in [0.15, 0.2) is 12.1 Å². The van der Waals surface area contributed by atoms with Gasteiger partial charge in [-0.3, -0.25) is 14.4 Å². The molecule has 0 aliphatic rings. The molecule has 0 spiro atoms. The van der Waals surface area contributed by atoms with Crippen molar-refractivity contribution in [3.63, 3.8) is 0 Å². The van der Waals surface area contributed by atoms with E-state index in [1.807, 2.05) is 20.8 Å². The first-order chi connectivity index (χ1) is 8.55. The minimum Gasteiger partial charge on any atom is -0.366 e. The summed E-state index contributed by atoms with van der Waals surface area (Å²) in [5.41, 5.74) is 15.8. The van der Waals surface area contributed by atoms with Gasteiger partial charge in [-0.1, -0.05) is 20.8 Å². The van der Waals surface area contributed by atoms with Gasteiger partial charge in [-0.15, -0.1) is 0 Å². The van der Waals surface area contributed by atoms with Crippen LogP contribution in [-0.2, 0) is 5.41 Å². The van der Waals surface area contributed by atoms with Gasteiger partial charge in [0.2, 0.25) is 17.7 Å². The Bertz CT molecular complexity index is 536. The molecule has 6 N–H and O–H groups in total. The highest BCUT2D eigenvalue weighted by atomic mass is 16.2. The van der Waals surface area contributed by atoms with E-state index in [1.165, 1.54) is 12.1 Å². The second-order valence-electron chi connectivity index (χ2n) is 5.29. The molecule has 0 fully saturated rings. The summed E-state index contributed by atoms with van der Waals surface area (Å²) in [6.45, 7) is 5.43. The predicted molar refractivity (Wildman–Crippen MR) is 70.7 cm³/mol. The van der Waals surface area contributed by atoms with E-state index in [4.69, 9.17) is 17.2 Å². The van der Waals surface area contributed by atoms with Crippen LogP contribution in [0.3, 0.4) is 0 Å². The van der Waals surface area contributed by atoms with Crippen molar-refractivity contribution < 1.29 is 14.4 Å². The molecule has 0 saturated carbocycles. The Labute approximate surface area is 110 Å². The average Bonchev–Trinajstić information content (AvgIpc) is 2.25. The molecule has 0 heterocycles. The fraction of sp³-hybridized carbons (Fsp3) is 0.308. The molecule has 0 saturated heterocycles. The largest absolute Gasteiger partial charge is 0.366 e. The van der Waals surface area contributed by atoms with Gasteiger partial charge in [-0.2, -0.15) is 0 Å². The molecule has 6 nitrogen and oxygen atoms in total. The smallest absolute Gasteiger partial charge is 0.249 e. The molecule has 0 unspecified atom stereocenters. The zero-order valence-corrected chi connectivity index (χ0v) is 11.1. The molecule has 0 bridgehead atoms. The average molecular weight is 263 g/mol. The SMILES string of the molecule is CC(C)(C)c1c(C(N)=O)cc(C(N)=O)cc1C(N)=O. The van der Waals surface area contributed by atoms with Crippen LogP contribution in [-0.4, -0.2) is 17.7 Å². The molecule has 0 atom stereocenters. The Hall–Kier alpha value is -2.37. The molecule has 19 heavy (non-hydrogen) atoms. The van der Waals surface area contributed by atoms with E-state index < -0.39 is 23.1 Å². The topological polar surface area (TPSA) is 129 Å². The van der Waals surface area contributed by atoms with Gasteiger partial charge in [-0.25, -0.2) is 0 Å². The van der Waals surface area contributed by atoms with Gasteiger partial charge in [-0.05, 0) is 23.1 Å². The Morgan fingerprint density at radius 2 is 1.21 bits per heavy atom. The number of amides is 3. The zero-order chi connectivity index (χ0) is 15.0. The second kappa shape index (κ2) is 4.72. The summed E-state index contributed by atoms with van der Waals surface area (Å²) in [5.74, 6) is -2.24. The molecule has 0 aliphatic heterocycles. The molecule has 0 aliphatic carbocycles. The van der Waals surface area contributed by atoms with Crippen molar-refractivity contribution in [2.24, 2.45) is 17.2 Å². The Balaban J connectivity index is 3.81. The fourth-order valence-electron chi connectivity index (χ4n) is 1.98. The number of carbonyl (C=O) groups is 3. The van der Waals surface area contributed by atoms with Gasteiger partial charge in [0.15, 0.2) is 0 Å². The molecular formula is C13H17N3O3. The third kappa shape index (κ3) is 2.90. The molecule has 102 valence electrons. The summed E-state index contributed by atoms with van der Waals surface area (Å²) >= 11 is 0. The molecule has 1 aromatic carbocycles. The second-order valence-corrected chi connectivity index (χ2v) is 5.29. The van der Waals surface area contributed by atoms with E-state index >= 15 is 0 Å². The summed E-state index contributed by atoms with van der Waals surface area (Å²) in [6, 6.07) is 2.58. The molecule has 3 amide bonds. The summed E-state index contributed by atoms with van der Waals surface area (Å²) in [5, 5.41) is 0. The molecule has 1 aromatic rings. The van der Waals surface area contributed by atoms with Crippen molar-refractivity contribution in [3.05, 3.63) is 34.4 Å². The summed E-state index contributed by atoms with van der Waals surface area (Å²) in [4.78, 5) is 34.3. The standard InChI is InChI=1S/C13H17N3O3/c1-13(2,3)9-7(11(15)18)4-6(10(14)17)5-8(9)12(16)19/h4-5H,1-3H3,(H2,14,17)(H2,15,18)(H2,16,19). The van der Waals surface area contributed by atoms with Gasteiger partial charge in [0.05, 0.1) is 0 Å². The number of carbonyl (C=O) groups excluding carboxylic acids is 3. The maximum Gasteiger partial charge on any atom is 0.249 e. The predicted octanol–water partition coefficient (Wildman–Crippen LogP) is 0.281. The van der Waals surface area contributed by atoms with Gasteiger partial charge in [0, 0.05) is 16.7 Å². The lowest BCUT2D eigenvalue weighted by Crippen LogP contribution is -2.28. The van der Waals surface area contributed by atoms with Crippen LogP contribution in [0.4, 0.5) is 0 Å². The molecule has 6 heteroatoms. The van der Waals surface area contributed by atoms with Crippen molar-refractivity contribution in [2.75, 3.05) is 0 Å². The minimum atomic E-state index is -0.759. The van der Waals surface area contributed by atoms with Gasteiger partial charge >= 0.3 is 0 Å². The number of hydrogen-bond donors (Lipinski definition) is 3. The van der Waals surface area contributed by atoms with Gasteiger partial charge < -0.3 is 17.2 Å². The van der Waals surface area contributed by atoms with E-state index in [0.29, 0.717) is 5.56 Å². The molecule has 1 rings (SSSR count). The van der Waals surface area contributed by atoms with Crippen molar-refractivity contribution in [1.29, 1.82) is 0 Å². The quantitative estimate of drug-likeness (QED) is 0.724. The zero-order valence-electron chi connectivity index (χ0n) is 11.1. The fourth-order valence-corrected chi connectivity index (χ4v) is 1.98. The first kappa shape index (κ1) is 14.7. The number of nitrogens with two attached hydrogens (primary N) is 3. The van der Waals surface area contributed by atoms with E-state index in [2.05, 4.69) is 0 Å². The van der Waals surface area contributed by atoms with Crippen molar-refractivity contribution in [2.45, 2.75) is 26.2 Å². The summed E-state index contributed by atoms with van der Waals surface area (Å²) in [6.07, 6.45) is 0. The normalized spacial score (nSPS) is 11.1. The van der Waals surface area contributed by atoms with E-state index in [-0.39, 0.29) is 16.7 Å². The van der Waals surface area contributed by atoms with Gasteiger partial charge in [0.25, 0.3) is 0 Å². The van der Waals surface area contributed by atoms with E-state index in [1.54, 1.807) is 0 Å². The summed E-state index contributed by atoms with van der Waals surface area (Å²) < 4.78 is 0. The Kier molecular flexibility index (Phi) is 3.65. The molecular weight excluding hydrogens is 246 g/mol. The summed E-state index contributed by atoms with van der Waals surface area (Å²) in [7, 11) is 0. The lowest BCUT2D eigenvalue weighted by Gasteiger charge is -2.25. The van der Waals surface area contributed by atoms with Crippen LogP contribution in [0.1, 0.15) is 57.4 Å². The van der Waals surface area contributed by atoms with E-state index in [0.717, 1.165) is 0 Å². The number of hydrogen-bond acceptors (Lipinski definition) is 3. The number of primary amides is 3. The lowest BCUT2D eigenvalue weighted by atomic mass is 9.79. The lowest BCUT2D eigenvalue weighted by molar-refractivity contribution is 0.0997. The minimum absolute atomic E-state index is 0.0237. The van der Waals surface area contributed by atoms with Crippen LogP contribution in [0.2, 0.25) is 0 Å². The van der Waals surface area contributed by atoms with Crippen molar-refractivity contribution in [3.8, 4) is 0 Å². The third-order valence-corrected chi connectivity index (χ3v) is 2.70. The highest BCUT2D eigenvalue weighted by Gasteiger charge is 2.27. The maximum atomic E-state index is 11.5. The highest BCUT2D eigenvalue weighted by Crippen LogP contribution is 2.30. The monoisotopic (exact) mass is 263 g/mol. The first-order valence-electron chi connectivity index (χ1n) is 5.63. The van der Waals surface area contributed by atoms with Crippen molar-refractivity contribution in [1.82, 2.24) is 0 Å². The molecule has 0 aromatic heterocycles. The third-order valence-electron chi connectivity index (χ3n) is 2.70. The van der Waals surface area contributed by atoms with Crippen LogP contribution < -0.4 is 17.2 Å². The highest BCUT2D eigenvalue weighted by molar-refractivity contribution is 6.05. The van der Waals surface area contributed by atoms with Crippen LogP contribution in [0.5, 0.6) is 0 Å². The Morgan fingerprint density at radius 3 is 1.42 bits per heavy atom. The maximum absolute atomic E-state index is 11.5. The number of rotatable bonds is 3. The number of benzene rings is 1. The van der Waals surface area contributed by atoms with Crippen LogP contribution >= 0.6 is 0 Å². The Morgan fingerprint density at radius 1 is 0.842 bits per heavy atom. The van der Waals surface area contributed by atoms with Crippen LogP contribution in [0, 0.1) is 0 Å². The molecule has 0 radical (unpaired) electrons. The first-order valence-corrected chi connectivity index (χ1v) is 5.63. The van der Waals surface area contributed by atoms with Crippen molar-refractivity contribution >= 4 is 17.7 Å².